The second-order valence-electron chi connectivity index (χ2n) is 4.70. The van der Waals surface area contributed by atoms with Crippen LogP contribution in [0.1, 0.15) is 5.56 Å². The summed E-state index contributed by atoms with van der Waals surface area (Å²) in [5.74, 6) is 0. The van der Waals surface area contributed by atoms with Crippen LogP contribution in [0.25, 0.3) is 20.6 Å². The lowest BCUT2D eigenvalue weighted by molar-refractivity contribution is 0.835. The van der Waals surface area contributed by atoms with E-state index in [0.717, 1.165) is 27.5 Å². The molecule has 0 bridgehead atoms. The normalized spacial score (nSPS) is 10.2. The van der Waals surface area contributed by atoms with Gasteiger partial charge >= 0.3 is 0 Å². The van der Waals surface area contributed by atoms with E-state index in [1.807, 2.05) is 48.7 Å². The van der Waals surface area contributed by atoms with Gasteiger partial charge in [0.2, 0.25) is 0 Å². The first-order chi connectivity index (χ1) is 10.2. The van der Waals surface area contributed by atoms with Gasteiger partial charge in [-0.15, -0.1) is 0 Å². The van der Waals surface area contributed by atoms with Gasteiger partial charge in [0.1, 0.15) is 0 Å². The van der Waals surface area contributed by atoms with Crippen LogP contribution in [-0.4, -0.2) is 4.57 Å². The molecular formula is C17H10BrN3. The molecule has 4 heteroatoms. The van der Waals surface area contributed by atoms with Gasteiger partial charge in [-0.1, -0.05) is 30.3 Å². The summed E-state index contributed by atoms with van der Waals surface area (Å²) in [6.45, 7) is 14.8. The van der Waals surface area contributed by atoms with E-state index in [9.17, 15) is 0 Å². The summed E-state index contributed by atoms with van der Waals surface area (Å²) < 4.78 is 3.13. The number of benzene rings is 2. The van der Waals surface area contributed by atoms with Gasteiger partial charge in [-0.05, 0) is 33.6 Å². The van der Waals surface area contributed by atoms with Crippen LogP contribution in [0.5, 0.6) is 0 Å². The van der Waals surface area contributed by atoms with Crippen molar-refractivity contribution in [2.75, 3.05) is 0 Å². The van der Waals surface area contributed by atoms with Gasteiger partial charge in [-0.25, -0.2) is 9.69 Å². The summed E-state index contributed by atoms with van der Waals surface area (Å²) in [6, 6.07) is 13.3. The third-order valence-electron chi connectivity index (χ3n) is 3.36. The molecule has 0 saturated heterocycles. The Labute approximate surface area is 131 Å². The summed E-state index contributed by atoms with van der Waals surface area (Å²) in [5.41, 5.74) is 3.52. The summed E-state index contributed by atoms with van der Waals surface area (Å²) in [6.07, 6.45) is 2.03. The molecule has 0 radical (unpaired) electrons. The molecule has 0 atom stereocenters. The average molecular weight is 336 g/mol. The van der Waals surface area contributed by atoms with Crippen molar-refractivity contribution in [2.24, 2.45) is 0 Å². The second kappa shape index (κ2) is 5.44. The maximum absolute atomic E-state index is 7.09. The molecule has 21 heavy (non-hydrogen) atoms. The Hall–Kier alpha value is -2.56. The van der Waals surface area contributed by atoms with Crippen LogP contribution in [-0.2, 0) is 6.54 Å². The molecule has 3 nitrogen and oxygen atoms in total. The van der Waals surface area contributed by atoms with Gasteiger partial charge in [0.05, 0.1) is 13.1 Å². The molecule has 1 heterocycles. The maximum atomic E-state index is 7.09. The van der Waals surface area contributed by atoms with Crippen molar-refractivity contribution in [2.45, 2.75) is 6.54 Å². The molecule has 0 saturated carbocycles. The lowest BCUT2D eigenvalue weighted by Crippen LogP contribution is -1.97. The van der Waals surface area contributed by atoms with Gasteiger partial charge in [-0.2, -0.15) is 0 Å². The number of hydrogen-bond acceptors (Lipinski definition) is 0. The van der Waals surface area contributed by atoms with Crippen LogP contribution in [0.2, 0.25) is 0 Å². The van der Waals surface area contributed by atoms with Crippen LogP contribution in [0.15, 0.2) is 53.1 Å². The van der Waals surface area contributed by atoms with Gasteiger partial charge in [0.25, 0.3) is 0 Å². The Morgan fingerprint density at radius 3 is 2.29 bits per heavy atom. The quantitative estimate of drug-likeness (QED) is 0.544. The van der Waals surface area contributed by atoms with Crippen LogP contribution in [0.3, 0.4) is 0 Å². The van der Waals surface area contributed by atoms with Crippen molar-refractivity contribution in [1.29, 1.82) is 0 Å². The van der Waals surface area contributed by atoms with Gasteiger partial charge < -0.3 is 4.57 Å². The Kier molecular flexibility index (Phi) is 3.48. The molecule has 1 aromatic heterocycles. The molecular weight excluding hydrogens is 326 g/mol. The van der Waals surface area contributed by atoms with E-state index in [1.165, 1.54) is 0 Å². The summed E-state index contributed by atoms with van der Waals surface area (Å²) in [7, 11) is 0. The zero-order valence-corrected chi connectivity index (χ0v) is 12.6. The highest BCUT2D eigenvalue weighted by molar-refractivity contribution is 9.10. The van der Waals surface area contributed by atoms with Crippen LogP contribution < -0.4 is 0 Å². The molecule has 0 amide bonds. The summed E-state index contributed by atoms with van der Waals surface area (Å²) in [4.78, 5) is 6.87. The smallest absolute Gasteiger partial charge is 0.188 e. The molecule has 0 aliphatic carbocycles. The van der Waals surface area contributed by atoms with Gasteiger partial charge in [-0.3, -0.25) is 0 Å². The molecule has 0 N–H and O–H groups in total. The third-order valence-corrected chi connectivity index (χ3v) is 4.00. The van der Waals surface area contributed by atoms with Crippen LogP contribution in [0, 0.1) is 13.1 Å². The van der Waals surface area contributed by atoms with Crippen molar-refractivity contribution >= 4 is 38.2 Å². The number of aromatic nitrogens is 1. The van der Waals surface area contributed by atoms with Gasteiger partial charge in [0, 0.05) is 28.1 Å². The maximum Gasteiger partial charge on any atom is 0.188 e. The highest BCUT2D eigenvalue weighted by Crippen LogP contribution is 2.30. The van der Waals surface area contributed by atoms with E-state index in [1.54, 1.807) is 0 Å². The molecule has 0 spiro atoms. The third kappa shape index (κ3) is 2.54. The number of hydrogen-bond donors (Lipinski definition) is 0. The van der Waals surface area contributed by atoms with E-state index in [4.69, 9.17) is 13.1 Å². The van der Waals surface area contributed by atoms with E-state index < -0.39 is 0 Å². The lowest BCUT2D eigenvalue weighted by atomic mass is 10.2. The first-order valence-corrected chi connectivity index (χ1v) is 7.13. The van der Waals surface area contributed by atoms with Crippen molar-refractivity contribution < 1.29 is 0 Å². The monoisotopic (exact) mass is 335 g/mol. The van der Waals surface area contributed by atoms with Crippen molar-refractivity contribution in [3.05, 3.63) is 81.5 Å². The lowest BCUT2D eigenvalue weighted by Gasteiger charge is -2.06. The summed E-state index contributed by atoms with van der Waals surface area (Å²) in [5, 5.41) is 1.04. The molecule has 0 aliphatic rings. The minimum Gasteiger partial charge on any atom is -0.342 e. The Bertz CT molecular complexity index is 893. The fourth-order valence-corrected chi connectivity index (χ4v) is 2.88. The highest BCUT2D eigenvalue weighted by Gasteiger charge is 2.08. The van der Waals surface area contributed by atoms with Crippen molar-refractivity contribution in [3.63, 3.8) is 0 Å². The number of fused-ring (bicyclic) bond motifs is 1. The highest BCUT2D eigenvalue weighted by atomic mass is 79.9. The zero-order valence-electron chi connectivity index (χ0n) is 11.0. The topological polar surface area (TPSA) is 13.6 Å². The van der Waals surface area contributed by atoms with Crippen molar-refractivity contribution in [3.8, 4) is 0 Å². The van der Waals surface area contributed by atoms with Crippen LogP contribution in [0.4, 0.5) is 11.4 Å². The SMILES string of the molecule is [C-]#[N+]c1ccc(Cn2cc(Br)c3cc([N+]#[C-])ccc32)cc1. The van der Waals surface area contributed by atoms with E-state index >= 15 is 0 Å². The predicted octanol–water partition coefficient (Wildman–Crippen LogP) is 5.55. The Balaban J connectivity index is 2.01. The minimum atomic E-state index is 0.641. The molecule has 0 fully saturated rings. The number of nitrogens with zero attached hydrogens (tertiary/aromatic N) is 3. The average Bonchev–Trinajstić information content (AvgIpc) is 2.83. The fraction of sp³-hybridized carbons (Fsp3) is 0.0588. The van der Waals surface area contributed by atoms with Crippen molar-refractivity contribution in [1.82, 2.24) is 4.57 Å². The zero-order chi connectivity index (χ0) is 14.8. The van der Waals surface area contributed by atoms with E-state index in [-0.39, 0.29) is 0 Å². The van der Waals surface area contributed by atoms with E-state index in [2.05, 4.69) is 30.2 Å². The first-order valence-electron chi connectivity index (χ1n) is 6.33. The standard InChI is InChI=1S/C17H10BrN3/c1-19-13-5-3-12(4-6-13)10-21-11-16(18)15-9-14(20-2)7-8-17(15)21/h3-9,11H,10H2. The Morgan fingerprint density at radius 1 is 0.952 bits per heavy atom. The number of rotatable bonds is 2. The summed E-state index contributed by atoms with van der Waals surface area (Å²) >= 11 is 3.55. The molecule has 2 aromatic carbocycles. The number of halogens is 1. The molecule has 3 aromatic rings. The fourth-order valence-electron chi connectivity index (χ4n) is 2.31. The van der Waals surface area contributed by atoms with Gasteiger partial charge in [0.15, 0.2) is 11.4 Å². The molecule has 0 aliphatic heterocycles. The predicted molar refractivity (Wildman–Crippen MR) is 87.7 cm³/mol. The minimum absolute atomic E-state index is 0.641. The Morgan fingerprint density at radius 2 is 1.62 bits per heavy atom. The second-order valence-corrected chi connectivity index (χ2v) is 5.55. The molecule has 3 rings (SSSR count). The molecule has 0 unspecified atom stereocenters. The first kappa shape index (κ1) is 13.4. The van der Waals surface area contributed by atoms with E-state index in [0.29, 0.717) is 11.4 Å². The van der Waals surface area contributed by atoms with Crippen LogP contribution >= 0.6 is 15.9 Å². The largest absolute Gasteiger partial charge is 0.342 e. The molecule has 100 valence electrons.